The zero-order valence-electron chi connectivity index (χ0n) is 13.3. The van der Waals surface area contributed by atoms with E-state index in [1.165, 1.54) is 6.07 Å². The molecule has 23 heavy (non-hydrogen) atoms. The molecule has 0 radical (unpaired) electrons. The molecule has 0 fully saturated rings. The van der Waals surface area contributed by atoms with Crippen molar-refractivity contribution >= 4 is 11.6 Å². The summed E-state index contributed by atoms with van der Waals surface area (Å²) in [5, 5.41) is 14.0. The summed E-state index contributed by atoms with van der Waals surface area (Å²) >= 11 is 0. The molecule has 0 spiro atoms. The SMILES string of the molecule is CC(C)(Cc1ccccc1)NC(=O)Cc1ccccc1[N+](=O)[O-]. The lowest BCUT2D eigenvalue weighted by molar-refractivity contribution is -0.385. The van der Waals surface area contributed by atoms with Gasteiger partial charge in [-0.05, 0) is 25.8 Å². The second kappa shape index (κ2) is 7.05. The number of benzene rings is 2. The van der Waals surface area contributed by atoms with Gasteiger partial charge >= 0.3 is 0 Å². The summed E-state index contributed by atoms with van der Waals surface area (Å²) in [4.78, 5) is 22.8. The van der Waals surface area contributed by atoms with Crippen LogP contribution < -0.4 is 5.32 Å². The van der Waals surface area contributed by atoms with Crippen molar-refractivity contribution < 1.29 is 9.72 Å². The first-order chi connectivity index (χ1) is 10.9. The molecule has 1 N–H and O–H groups in total. The highest BCUT2D eigenvalue weighted by Gasteiger charge is 2.23. The summed E-state index contributed by atoms with van der Waals surface area (Å²) < 4.78 is 0. The monoisotopic (exact) mass is 312 g/mol. The first-order valence-corrected chi connectivity index (χ1v) is 7.45. The van der Waals surface area contributed by atoms with Crippen molar-refractivity contribution in [2.75, 3.05) is 0 Å². The van der Waals surface area contributed by atoms with Gasteiger partial charge in [-0.1, -0.05) is 48.5 Å². The van der Waals surface area contributed by atoms with E-state index < -0.39 is 10.5 Å². The molecule has 0 saturated heterocycles. The molecule has 2 rings (SSSR count). The zero-order valence-corrected chi connectivity index (χ0v) is 13.3. The van der Waals surface area contributed by atoms with Gasteiger partial charge in [-0.2, -0.15) is 0 Å². The molecule has 0 heterocycles. The van der Waals surface area contributed by atoms with Crippen LogP contribution in [-0.2, 0) is 17.6 Å². The molecule has 0 aliphatic rings. The van der Waals surface area contributed by atoms with Crippen LogP contribution in [0.2, 0.25) is 0 Å². The molecule has 0 aromatic heterocycles. The lowest BCUT2D eigenvalue weighted by Crippen LogP contribution is -2.45. The van der Waals surface area contributed by atoms with Gasteiger partial charge in [0, 0.05) is 17.2 Å². The molecule has 0 saturated carbocycles. The van der Waals surface area contributed by atoms with Crippen LogP contribution in [0.3, 0.4) is 0 Å². The number of amides is 1. The lowest BCUT2D eigenvalue weighted by atomic mass is 9.94. The highest BCUT2D eigenvalue weighted by atomic mass is 16.6. The van der Waals surface area contributed by atoms with Crippen molar-refractivity contribution in [3.8, 4) is 0 Å². The number of para-hydroxylation sites is 1. The number of rotatable bonds is 6. The number of nitro benzene ring substituents is 1. The summed E-state index contributed by atoms with van der Waals surface area (Å²) in [6.45, 7) is 3.88. The van der Waals surface area contributed by atoms with Crippen LogP contribution in [0, 0.1) is 10.1 Å². The third-order valence-corrected chi connectivity index (χ3v) is 3.51. The van der Waals surface area contributed by atoms with E-state index in [-0.39, 0.29) is 18.0 Å². The van der Waals surface area contributed by atoms with Crippen molar-refractivity contribution in [3.63, 3.8) is 0 Å². The van der Waals surface area contributed by atoms with Crippen molar-refractivity contribution in [1.82, 2.24) is 5.32 Å². The Labute approximate surface area is 135 Å². The quantitative estimate of drug-likeness (QED) is 0.657. The smallest absolute Gasteiger partial charge is 0.273 e. The van der Waals surface area contributed by atoms with Gasteiger partial charge in [0.2, 0.25) is 5.91 Å². The van der Waals surface area contributed by atoms with Crippen LogP contribution in [0.15, 0.2) is 54.6 Å². The molecule has 0 atom stereocenters. The summed E-state index contributed by atoms with van der Waals surface area (Å²) in [6.07, 6.45) is 0.686. The van der Waals surface area contributed by atoms with E-state index >= 15 is 0 Å². The Morgan fingerprint density at radius 2 is 1.70 bits per heavy atom. The molecule has 2 aromatic rings. The molecule has 5 nitrogen and oxygen atoms in total. The molecular weight excluding hydrogens is 292 g/mol. The summed E-state index contributed by atoms with van der Waals surface area (Å²) in [5.74, 6) is -0.222. The number of carbonyl (C=O) groups is 1. The normalized spacial score (nSPS) is 11.0. The maximum absolute atomic E-state index is 12.3. The fourth-order valence-corrected chi connectivity index (χ4v) is 2.58. The van der Waals surface area contributed by atoms with E-state index in [2.05, 4.69) is 5.32 Å². The molecule has 120 valence electrons. The third-order valence-electron chi connectivity index (χ3n) is 3.51. The topological polar surface area (TPSA) is 72.2 Å². The van der Waals surface area contributed by atoms with Crippen LogP contribution in [0.25, 0.3) is 0 Å². The largest absolute Gasteiger partial charge is 0.351 e. The van der Waals surface area contributed by atoms with Gasteiger partial charge in [0.1, 0.15) is 0 Å². The van der Waals surface area contributed by atoms with Gasteiger partial charge in [0.25, 0.3) is 5.69 Å². The van der Waals surface area contributed by atoms with E-state index in [4.69, 9.17) is 0 Å². The highest BCUT2D eigenvalue weighted by Crippen LogP contribution is 2.19. The average molecular weight is 312 g/mol. The molecule has 5 heteroatoms. The van der Waals surface area contributed by atoms with E-state index in [1.54, 1.807) is 18.2 Å². The minimum absolute atomic E-state index is 0.00459. The number of carbonyl (C=O) groups excluding carboxylic acids is 1. The van der Waals surface area contributed by atoms with Crippen molar-refractivity contribution in [3.05, 3.63) is 75.8 Å². The van der Waals surface area contributed by atoms with Gasteiger partial charge in [0.05, 0.1) is 11.3 Å². The predicted molar refractivity (Wildman–Crippen MR) is 89.2 cm³/mol. The van der Waals surface area contributed by atoms with Crippen LogP contribution in [0.1, 0.15) is 25.0 Å². The average Bonchev–Trinajstić information content (AvgIpc) is 2.47. The Morgan fingerprint density at radius 1 is 1.09 bits per heavy atom. The van der Waals surface area contributed by atoms with E-state index in [0.29, 0.717) is 12.0 Å². The Balaban J connectivity index is 2.03. The van der Waals surface area contributed by atoms with Gasteiger partial charge in [-0.15, -0.1) is 0 Å². The van der Waals surface area contributed by atoms with Crippen molar-refractivity contribution in [1.29, 1.82) is 0 Å². The van der Waals surface area contributed by atoms with Gasteiger partial charge in [-0.3, -0.25) is 14.9 Å². The first-order valence-electron chi connectivity index (χ1n) is 7.45. The molecule has 0 unspecified atom stereocenters. The molecule has 0 aliphatic heterocycles. The standard InChI is InChI=1S/C18H20N2O3/c1-18(2,13-14-8-4-3-5-9-14)19-17(21)12-15-10-6-7-11-16(15)20(22)23/h3-11H,12-13H2,1-2H3,(H,19,21). The van der Waals surface area contributed by atoms with Crippen molar-refractivity contribution in [2.45, 2.75) is 32.2 Å². The third kappa shape index (κ3) is 4.92. The molecule has 1 amide bonds. The van der Waals surface area contributed by atoms with E-state index in [9.17, 15) is 14.9 Å². The maximum atomic E-state index is 12.3. The zero-order chi connectivity index (χ0) is 16.9. The second-order valence-corrected chi connectivity index (χ2v) is 6.16. The fourth-order valence-electron chi connectivity index (χ4n) is 2.58. The maximum Gasteiger partial charge on any atom is 0.273 e. The summed E-state index contributed by atoms with van der Waals surface area (Å²) in [6, 6.07) is 16.2. The number of nitro groups is 1. The number of hydrogen-bond acceptors (Lipinski definition) is 3. The Hall–Kier alpha value is -2.69. The predicted octanol–water partition coefficient (Wildman–Crippen LogP) is 3.27. The molecule has 2 aromatic carbocycles. The molecular formula is C18H20N2O3. The minimum atomic E-state index is -0.461. The first kappa shape index (κ1) is 16.7. The second-order valence-electron chi connectivity index (χ2n) is 6.16. The van der Waals surface area contributed by atoms with Crippen LogP contribution in [0.5, 0.6) is 0 Å². The Bertz CT molecular complexity index is 696. The number of hydrogen-bond donors (Lipinski definition) is 1. The van der Waals surface area contributed by atoms with Crippen LogP contribution in [-0.4, -0.2) is 16.4 Å². The number of nitrogens with one attached hydrogen (secondary N) is 1. The lowest BCUT2D eigenvalue weighted by Gasteiger charge is -2.26. The van der Waals surface area contributed by atoms with Crippen LogP contribution in [0.4, 0.5) is 5.69 Å². The highest BCUT2D eigenvalue weighted by molar-refractivity contribution is 5.80. The minimum Gasteiger partial charge on any atom is -0.351 e. The molecule has 0 bridgehead atoms. The van der Waals surface area contributed by atoms with Gasteiger partial charge in [-0.25, -0.2) is 0 Å². The van der Waals surface area contributed by atoms with Gasteiger partial charge < -0.3 is 5.32 Å². The van der Waals surface area contributed by atoms with Crippen molar-refractivity contribution in [2.24, 2.45) is 0 Å². The number of nitrogens with zero attached hydrogens (tertiary/aromatic N) is 1. The molecule has 0 aliphatic carbocycles. The fraction of sp³-hybridized carbons (Fsp3) is 0.278. The summed E-state index contributed by atoms with van der Waals surface area (Å²) in [5.41, 5.74) is 1.10. The summed E-state index contributed by atoms with van der Waals surface area (Å²) in [7, 11) is 0. The van der Waals surface area contributed by atoms with Crippen LogP contribution >= 0.6 is 0 Å². The van der Waals surface area contributed by atoms with E-state index in [0.717, 1.165) is 5.56 Å². The Kier molecular flexibility index (Phi) is 5.11. The van der Waals surface area contributed by atoms with Gasteiger partial charge in [0.15, 0.2) is 0 Å². The Morgan fingerprint density at radius 3 is 2.35 bits per heavy atom. The van der Waals surface area contributed by atoms with E-state index in [1.807, 2.05) is 44.2 Å².